The number of thiophene rings is 1. The summed E-state index contributed by atoms with van der Waals surface area (Å²) in [5, 5.41) is 3.35. The van der Waals surface area contributed by atoms with E-state index in [0.29, 0.717) is 15.9 Å². The molecule has 0 aliphatic rings. The van der Waals surface area contributed by atoms with Crippen LogP contribution in [-0.2, 0) is 0 Å². The number of rotatable bonds is 2. The van der Waals surface area contributed by atoms with Crippen LogP contribution in [0.5, 0.6) is 0 Å². The van der Waals surface area contributed by atoms with Crippen LogP contribution in [0.15, 0.2) is 33.8 Å². The molecule has 0 unspecified atom stereocenters. The first-order chi connectivity index (χ1) is 7.20. The van der Waals surface area contributed by atoms with Crippen LogP contribution in [0, 0.1) is 0 Å². The van der Waals surface area contributed by atoms with Gasteiger partial charge in [0, 0.05) is 0 Å². The van der Waals surface area contributed by atoms with Gasteiger partial charge in [-0.3, -0.25) is 0 Å². The van der Waals surface area contributed by atoms with E-state index in [4.69, 9.17) is 27.6 Å². The number of nitrogens with zero attached hydrogens (tertiary/aromatic N) is 1. The summed E-state index contributed by atoms with van der Waals surface area (Å²) in [4.78, 5) is 0.941. The molecule has 0 saturated carbocycles. The van der Waals surface area contributed by atoms with Crippen molar-refractivity contribution >= 4 is 28.8 Å². The van der Waals surface area contributed by atoms with Crippen molar-refractivity contribution in [1.29, 1.82) is 0 Å². The van der Waals surface area contributed by atoms with E-state index < -0.39 is 0 Å². The van der Waals surface area contributed by atoms with Crippen molar-refractivity contribution in [3.63, 3.8) is 0 Å². The van der Waals surface area contributed by atoms with E-state index in [-0.39, 0.29) is 5.84 Å². The summed E-state index contributed by atoms with van der Waals surface area (Å²) in [5.74, 6) is 6.37. The van der Waals surface area contributed by atoms with Gasteiger partial charge in [0.2, 0.25) is 0 Å². The molecule has 0 saturated heterocycles. The zero-order chi connectivity index (χ0) is 10.8. The summed E-state index contributed by atoms with van der Waals surface area (Å²) < 4.78 is 6.16. The Bertz CT molecular complexity index is 503. The molecule has 2 heterocycles. The minimum atomic E-state index is 0.170. The lowest BCUT2D eigenvalue weighted by Crippen LogP contribution is -2.14. The summed E-state index contributed by atoms with van der Waals surface area (Å²) in [6, 6.07) is 7.21. The number of amidine groups is 1. The Labute approximate surface area is 95.1 Å². The fraction of sp³-hybridized carbons (Fsp3) is 0. The second-order valence-electron chi connectivity index (χ2n) is 2.78. The lowest BCUT2D eigenvalue weighted by atomic mass is 10.3. The van der Waals surface area contributed by atoms with Crippen LogP contribution >= 0.6 is 22.9 Å². The Balaban J connectivity index is 2.35. The molecule has 0 aromatic carbocycles. The zero-order valence-corrected chi connectivity index (χ0v) is 9.18. The standard InChI is InChI=1S/C9H8ClN3OS/c10-8-4-3-7(15-8)5-1-2-6(14-5)9(11)13-12/h1-4H,12H2,(H2,11,13). The van der Waals surface area contributed by atoms with Crippen LogP contribution in [0.2, 0.25) is 4.34 Å². The normalized spacial score (nSPS) is 11.9. The monoisotopic (exact) mass is 241 g/mol. The van der Waals surface area contributed by atoms with Gasteiger partial charge in [-0.25, -0.2) is 0 Å². The van der Waals surface area contributed by atoms with Crippen molar-refractivity contribution in [1.82, 2.24) is 0 Å². The SMILES string of the molecule is N/N=C(\N)c1ccc(-c2ccc(Cl)s2)o1. The van der Waals surface area contributed by atoms with Gasteiger partial charge >= 0.3 is 0 Å². The molecule has 0 atom stereocenters. The molecule has 0 amide bonds. The number of hydrazone groups is 1. The van der Waals surface area contributed by atoms with Gasteiger partial charge in [0.25, 0.3) is 0 Å². The van der Waals surface area contributed by atoms with Crippen LogP contribution in [0.3, 0.4) is 0 Å². The summed E-state index contributed by atoms with van der Waals surface area (Å²) in [7, 11) is 0. The second kappa shape index (κ2) is 3.96. The Hall–Kier alpha value is -1.46. The molecular weight excluding hydrogens is 234 g/mol. The number of hydrogen-bond donors (Lipinski definition) is 2. The summed E-state index contributed by atoms with van der Waals surface area (Å²) >= 11 is 7.25. The summed E-state index contributed by atoms with van der Waals surface area (Å²) in [5.41, 5.74) is 5.50. The van der Waals surface area contributed by atoms with Gasteiger partial charge in [-0.05, 0) is 24.3 Å². The van der Waals surface area contributed by atoms with E-state index in [1.165, 1.54) is 11.3 Å². The van der Waals surface area contributed by atoms with Crippen LogP contribution in [-0.4, -0.2) is 5.84 Å². The molecule has 0 aliphatic heterocycles. The molecule has 0 radical (unpaired) electrons. The van der Waals surface area contributed by atoms with Crippen molar-refractivity contribution in [2.45, 2.75) is 0 Å². The Morgan fingerprint density at radius 2 is 2.13 bits per heavy atom. The van der Waals surface area contributed by atoms with Crippen molar-refractivity contribution in [3.05, 3.63) is 34.4 Å². The molecule has 15 heavy (non-hydrogen) atoms. The maximum absolute atomic E-state index is 5.82. The van der Waals surface area contributed by atoms with E-state index in [9.17, 15) is 0 Å². The first kappa shape index (κ1) is 10.1. The van der Waals surface area contributed by atoms with Gasteiger partial charge in [-0.1, -0.05) is 11.6 Å². The maximum atomic E-state index is 5.82. The highest BCUT2D eigenvalue weighted by molar-refractivity contribution is 7.19. The number of hydrogen-bond acceptors (Lipinski definition) is 4. The fourth-order valence-corrected chi connectivity index (χ4v) is 2.12. The van der Waals surface area contributed by atoms with Gasteiger partial charge in [0.1, 0.15) is 5.76 Å². The number of halogens is 1. The van der Waals surface area contributed by atoms with Crippen LogP contribution in [0.1, 0.15) is 5.76 Å². The average Bonchev–Trinajstić information content (AvgIpc) is 2.84. The molecule has 0 bridgehead atoms. The number of furan rings is 1. The highest BCUT2D eigenvalue weighted by Crippen LogP contribution is 2.31. The third kappa shape index (κ3) is 1.98. The van der Waals surface area contributed by atoms with Crippen molar-refractivity contribution < 1.29 is 4.42 Å². The predicted molar refractivity (Wildman–Crippen MR) is 61.9 cm³/mol. The fourth-order valence-electron chi connectivity index (χ4n) is 1.12. The van der Waals surface area contributed by atoms with E-state index in [1.54, 1.807) is 12.1 Å². The van der Waals surface area contributed by atoms with E-state index >= 15 is 0 Å². The first-order valence-corrected chi connectivity index (χ1v) is 5.29. The van der Waals surface area contributed by atoms with Gasteiger partial charge in [-0.15, -0.1) is 11.3 Å². The lowest BCUT2D eigenvalue weighted by molar-refractivity contribution is 0.572. The van der Waals surface area contributed by atoms with Crippen molar-refractivity contribution in [3.8, 4) is 10.6 Å². The molecule has 0 fully saturated rings. The van der Waals surface area contributed by atoms with Crippen LogP contribution in [0.4, 0.5) is 0 Å². The highest BCUT2D eigenvalue weighted by atomic mass is 35.5. The number of nitrogens with two attached hydrogens (primary N) is 2. The van der Waals surface area contributed by atoms with Crippen molar-refractivity contribution in [2.24, 2.45) is 16.7 Å². The molecule has 4 N–H and O–H groups in total. The van der Waals surface area contributed by atoms with Gasteiger partial charge in [-0.2, -0.15) is 5.10 Å². The second-order valence-corrected chi connectivity index (χ2v) is 4.50. The molecule has 78 valence electrons. The van der Waals surface area contributed by atoms with E-state index in [0.717, 1.165) is 4.88 Å². The molecule has 2 aromatic heterocycles. The van der Waals surface area contributed by atoms with Gasteiger partial charge < -0.3 is 16.0 Å². The Kier molecular flexibility index (Phi) is 2.66. The smallest absolute Gasteiger partial charge is 0.186 e. The molecular formula is C9H8ClN3OS. The molecule has 2 aromatic rings. The quantitative estimate of drug-likeness (QED) is 0.366. The van der Waals surface area contributed by atoms with E-state index in [2.05, 4.69) is 5.10 Å². The van der Waals surface area contributed by atoms with Gasteiger partial charge in [0.15, 0.2) is 11.6 Å². The van der Waals surface area contributed by atoms with Crippen LogP contribution < -0.4 is 11.6 Å². The zero-order valence-electron chi connectivity index (χ0n) is 7.61. The Morgan fingerprint density at radius 1 is 1.33 bits per heavy atom. The third-order valence-electron chi connectivity index (χ3n) is 1.81. The molecule has 4 nitrogen and oxygen atoms in total. The lowest BCUT2D eigenvalue weighted by Gasteiger charge is -1.92. The molecule has 2 rings (SSSR count). The topological polar surface area (TPSA) is 77.5 Å². The highest BCUT2D eigenvalue weighted by Gasteiger charge is 2.09. The maximum Gasteiger partial charge on any atom is 0.186 e. The molecule has 6 heteroatoms. The third-order valence-corrected chi connectivity index (χ3v) is 3.06. The molecule has 0 aliphatic carbocycles. The first-order valence-electron chi connectivity index (χ1n) is 4.10. The average molecular weight is 242 g/mol. The van der Waals surface area contributed by atoms with Crippen LogP contribution in [0.25, 0.3) is 10.6 Å². The minimum absolute atomic E-state index is 0.170. The summed E-state index contributed by atoms with van der Waals surface area (Å²) in [6.45, 7) is 0. The van der Waals surface area contributed by atoms with Crippen molar-refractivity contribution in [2.75, 3.05) is 0 Å². The van der Waals surface area contributed by atoms with E-state index in [1.807, 2.05) is 12.1 Å². The largest absolute Gasteiger partial charge is 0.452 e. The predicted octanol–water partition coefficient (Wildman–Crippen LogP) is 2.24. The minimum Gasteiger partial charge on any atom is -0.452 e. The Morgan fingerprint density at radius 3 is 2.73 bits per heavy atom. The summed E-state index contributed by atoms with van der Waals surface area (Å²) in [6.07, 6.45) is 0. The van der Waals surface area contributed by atoms with Gasteiger partial charge in [0.05, 0.1) is 9.21 Å². The molecule has 0 spiro atoms.